The van der Waals surface area contributed by atoms with Crippen LogP contribution >= 0.6 is 0 Å². The van der Waals surface area contributed by atoms with E-state index < -0.39 is 11.6 Å². The van der Waals surface area contributed by atoms with Crippen molar-refractivity contribution < 1.29 is 13.6 Å². The first-order valence-electron chi connectivity index (χ1n) is 10.7. The smallest absolute Gasteiger partial charge is 0.266 e. The Balaban J connectivity index is 1.42. The summed E-state index contributed by atoms with van der Waals surface area (Å²) in [4.78, 5) is 24.8. The zero-order valence-corrected chi connectivity index (χ0v) is 18.0. The van der Waals surface area contributed by atoms with E-state index in [9.17, 15) is 18.4 Å². The molecule has 0 aliphatic carbocycles. The Morgan fingerprint density at radius 1 is 1.06 bits per heavy atom. The lowest BCUT2D eigenvalue weighted by Gasteiger charge is -2.18. The highest BCUT2D eigenvalue weighted by molar-refractivity contribution is 5.79. The Kier molecular flexibility index (Phi) is 6.58. The van der Waals surface area contributed by atoms with Gasteiger partial charge in [-0.05, 0) is 36.8 Å². The van der Waals surface area contributed by atoms with Gasteiger partial charge in [-0.3, -0.25) is 14.3 Å². The van der Waals surface area contributed by atoms with Crippen LogP contribution in [0.4, 0.5) is 8.78 Å². The lowest BCUT2D eigenvalue weighted by atomic mass is 10.1. The maximum Gasteiger partial charge on any atom is 0.266 e. The number of fused-ring (bicyclic) bond motifs is 1. The van der Waals surface area contributed by atoms with Crippen LogP contribution in [0.25, 0.3) is 22.2 Å². The second-order valence-corrected chi connectivity index (χ2v) is 7.72. The van der Waals surface area contributed by atoms with Crippen molar-refractivity contribution in [2.75, 3.05) is 0 Å². The first kappa shape index (κ1) is 22.3. The third-order valence-electron chi connectivity index (χ3n) is 5.43. The predicted octanol–water partition coefficient (Wildman–Crippen LogP) is 3.52. The monoisotopic (exact) mass is 451 g/mol. The van der Waals surface area contributed by atoms with Gasteiger partial charge in [0.2, 0.25) is 5.91 Å². The number of halogens is 2. The van der Waals surface area contributed by atoms with Crippen LogP contribution in [0, 0.1) is 11.6 Å². The number of benzene rings is 2. The number of amides is 1. The Bertz CT molecular complexity index is 1350. The molecule has 0 unspecified atom stereocenters. The number of nitrogens with one attached hydrogen (secondary N) is 1. The van der Waals surface area contributed by atoms with Crippen LogP contribution in [-0.4, -0.2) is 31.5 Å². The summed E-state index contributed by atoms with van der Waals surface area (Å²) in [6.45, 7) is 2.49. The van der Waals surface area contributed by atoms with Crippen molar-refractivity contribution in [2.45, 2.75) is 38.9 Å². The SMILES string of the molecule is CC[C@H](Cn1nc(-c2ccc(F)c(F)c2)ccc1=O)NC(=O)CCn1ncc2ccccc21. The Labute approximate surface area is 188 Å². The third-order valence-corrected chi connectivity index (χ3v) is 5.43. The van der Waals surface area contributed by atoms with Crippen LogP contribution in [0.2, 0.25) is 0 Å². The van der Waals surface area contributed by atoms with E-state index >= 15 is 0 Å². The molecule has 2 aromatic heterocycles. The van der Waals surface area contributed by atoms with Crippen LogP contribution in [0.15, 0.2) is 65.6 Å². The number of carbonyl (C=O) groups excluding carboxylic acids is 1. The summed E-state index contributed by atoms with van der Waals surface area (Å²) in [5.41, 5.74) is 1.30. The molecular formula is C24H23F2N5O2. The first-order chi connectivity index (χ1) is 15.9. The first-order valence-corrected chi connectivity index (χ1v) is 10.7. The van der Waals surface area contributed by atoms with Crippen molar-refractivity contribution in [1.82, 2.24) is 24.9 Å². The molecule has 2 aromatic carbocycles. The lowest BCUT2D eigenvalue weighted by molar-refractivity contribution is -0.122. The number of para-hydroxylation sites is 1. The van der Waals surface area contributed by atoms with Crippen molar-refractivity contribution >= 4 is 16.8 Å². The molecule has 1 amide bonds. The number of nitrogens with zero attached hydrogens (tertiary/aromatic N) is 4. The summed E-state index contributed by atoms with van der Waals surface area (Å²) in [6, 6.07) is 13.7. The van der Waals surface area contributed by atoms with Gasteiger partial charge in [-0.25, -0.2) is 13.5 Å². The number of hydrogen-bond donors (Lipinski definition) is 1. The number of aryl methyl sites for hydroxylation is 1. The minimum absolute atomic E-state index is 0.156. The molecule has 0 saturated carbocycles. The lowest BCUT2D eigenvalue weighted by Crippen LogP contribution is -2.40. The van der Waals surface area contributed by atoms with Crippen molar-refractivity contribution in [3.05, 3.63) is 82.8 Å². The maximum absolute atomic E-state index is 13.6. The number of hydrogen-bond acceptors (Lipinski definition) is 4. The molecule has 4 rings (SSSR count). The van der Waals surface area contributed by atoms with Crippen LogP contribution in [0.1, 0.15) is 19.8 Å². The molecule has 0 aliphatic heterocycles. The molecule has 2 heterocycles. The molecule has 9 heteroatoms. The summed E-state index contributed by atoms with van der Waals surface area (Å²) in [6.07, 6.45) is 2.58. The molecule has 0 aliphatic rings. The zero-order chi connectivity index (χ0) is 23.4. The predicted molar refractivity (Wildman–Crippen MR) is 120 cm³/mol. The van der Waals surface area contributed by atoms with Crippen molar-refractivity contribution in [1.29, 1.82) is 0 Å². The average Bonchev–Trinajstić information content (AvgIpc) is 3.23. The summed E-state index contributed by atoms with van der Waals surface area (Å²) >= 11 is 0. The van der Waals surface area contributed by atoms with Gasteiger partial charge in [0.05, 0.1) is 30.5 Å². The summed E-state index contributed by atoms with van der Waals surface area (Å²) in [7, 11) is 0. The summed E-state index contributed by atoms with van der Waals surface area (Å²) in [5.74, 6) is -2.11. The van der Waals surface area contributed by atoms with Gasteiger partial charge in [-0.15, -0.1) is 0 Å². The van der Waals surface area contributed by atoms with Gasteiger partial charge in [-0.2, -0.15) is 10.2 Å². The molecular weight excluding hydrogens is 428 g/mol. The van der Waals surface area contributed by atoms with E-state index in [-0.39, 0.29) is 30.5 Å². The fourth-order valence-electron chi connectivity index (χ4n) is 3.59. The molecule has 7 nitrogen and oxygen atoms in total. The Morgan fingerprint density at radius 2 is 1.88 bits per heavy atom. The van der Waals surface area contributed by atoms with E-state index in [0.29, 0.717) is 24.2 Å². The molecule has 0 fully saturated rings. The molecule has 0 radical (unpaired) electrons. The minimum atomic E-state index is -0.990. The van der Waals surface area contributed by atoms with Crippen LogP contribution in [-0.2, 0) is 17.9 Å². The van der Waals surface area contributed by atoms with Gasteiger partial charge in [0, 0.05) is 29.5 Å². The minimum Gasteiger partial charge on any atom is -0.351 e. The van der Waals surface area contributed by atoms with Gasteiger partial charge in [0.1, 0.15) is 0 Å². The van der Waals surface area contributed by atoms with Crippen LogP contribution < -0.4 is 10.9 Å². The second kappa shape index (κ2) is 9.72. The molecule has 1 N–H and O–H groups in total. The van der Waals surface area contributed by atoms with E-state index in [0.717, 1.165) is 23.0 Å². The zero-order valence-electron chi connectivity index (χ0n) is 18.0. The highest BCUT2D eigenvalue weighted by Gasteiger charge is 2.15. The summed E-state index contributed by atoms with van der Waals surface area (Å²) in [5, 5.41) is 12.6. The standard InChI is InChI=1S/C24H23F2N5O2/c1-2-18(28-23(32)11-12-30-22-6-4-3-5-17(22)14-27-30)15-31-24(33)10-9-21(29-31)16-7-8-19(25)20(26)13-16/h3-10,13-14,18H,2,11-12,15H2,1H3,(H,28,32)/t18-/m1/s1. The maximum atomic E-state index is 13.6. The second-order valence-electron chi connectivity index (χ2n) is 7.72. The van der Waals surface area contributed by atoms with Gasteiger partial charge in [0.25, 0.3) is 5.56 Å². The molecule has 0 spiro atoms. The van der Waals surface area contributed by atoms with Gasteiger partial charge < -0.3 is 5.32 Å². The average molecular weight is 451 g/mol. The van der Waals surface area contributed by atoms with Gasteiger partial charge in [-0.1, -0.05) is 25.1 Å². The molecule has 4 aromatic rings. The molecule has 33 heavy (non-hydrogen) atoms. The normalized spacial score (nSPS) is 12.1. The van der Waals surface area contributed by atoms with Crippen molar-refractivity contribution in [3.63, 3.8) is 0 Å². The molecule has 0 bridgehead atoms. The number of rotatable bonds is 8. The fraction of sp³-hybridized carbons (Fsp3) is 0.250. The third kappa shape index (κ3) is 5.14. The van der Waals surface area contributed by atoms with E-state index in [1.54, 1.807) is 10.9 Å². The highest BCUT2D eigenvalue weighted by Crippen LogP contribution is 2.18. The van der Waals surface area contributed by atoms with E-state index in [1.165, 1.54) is 22.9 Å². The van der Waals surface area contributed by atoms with Crippen molar-refractivity contribution in [2.24, 2.45) is 0 Å². The molecule has 0 saturated heterocycles. The Hall–Kier alpha value is -3.88. The summed E-state index contributed by atoms with van der Waals surface area (Å²) < 4.78 is 29.8. The van der Waals surface area contributed by atoms with Gasteiger partial charge >= 0.3 is 0 Å². The highest BCUT2D eigenvalue weighted by atomic mass is 19.2. The number of carbonyl (C=O) groups is 1. The Morgan fingerprint density at radius 3 is 2.67 bits per heavy atom. The molecule has 1 atom stereocenters. The van der Waals surface area contributed by atoms with Crippen molar-refractivity contribution in [3.8, 4) is 11.3 Å². The fourth-order valence-corrected chi connectivity index (χ4v) is 3.59. The molecule has 170 valence electrons. The topological polar surface area (TPSA) is 81.8 Å². The van der Waals surface area contributed by atoms with E-state index in [2.05, 4.69) is 15.5 Å². The van der Waals surface area contributed by atoms with E-state index in [1.807, 2.05) is 31.2 Å². The van der Waals surface area contributed by atoms with Gasteiger partial charge in [0.15, 0.2) is 11.6 Å². The van der Waals surface area contributed by atoms with Crippen LogP contribution in [0.5, 0.6) is 0 Å². The number of aromatic nitrogens is 4. The van der Waals surface area contributed by atoms with Crippen LogP contribution in [0.3, 0.4) is 0 Å². The quantitative estimate of drug-likeness (QED) is 0.444. The largest absolute Gasteiger partial charge is 0.351 e. The van der Waals surface area contributed by atoms with E-state index in [4.69, 9.17) is 0 Å².